The zero-order valence-corrected chi connectivity index (χ0v) is 23.5. The number of amides is 3. The Morgan fingerprint density at radius 3 is 2.44 bits per heavy atom. The molecule has 39 heavy (non-hydrogen) atoms. The Morgan fingerprint density at radius 2 is 1.72 bits per heavy atom. The minimum atomic E-state index is -0.752. The average molecular weight is 535 g/mol. The number of ether oxygens (including phenoxy) is 1. The number of hydrogen-bond donors (Lipinski definition) is 3. The maximum absolute atomic E-state index is 13.8. The topological polar surface area (TPSA) is 99.8 Å². The Bertz CT molecular complexity index is 1160. The van der Waals surface area contributed by atoms with Gasteiger partial charge in [-0.05, 0) is 56.2 Å². The molecule has 4 rings (SSSR count). The van der Waals surface area contributed by atoms with Gasteiger partial charge in [-0.3, -0.25) is 19.7 Å². The number of hydrogen-bond acceptors (Lipinski definition) is 5. The minimum Gasteiger partial charge on any atom is -0.489 e. The first-order valence-electron chi connectivity index (χ1n) is 14.1. The number of carbonyl (C=O) groups excluding carboxylic acids is 3. The van der Waals surface area contributed by atoms with E-state index in [1.165, 1.54) is 4.90 Å². The van der Waals surface area contributed by atoms with Gasteiger partial charge >= 0.3 is 0 Å². The van der Waals surface area contributed by atoms with Crippen molar-refractivity contribution in [3.8, 4) is 5.75 Å². The molecule has 3 N–H and O–H groups in total. The molecule has 2 aromatic carbocycles. The van der Waals surface area contributed by atoms with Crippen LogP contribution >= 0.6 is 0 Å². The number of rotatable bonds is 3. The lowest BCUT2D eigenvalue weighted by Crippen LogP contribution is -2.58. The van der Waals surface area contributed by atoms with Crippen molar-refractivity contribution in [3.63, 3.8) is 0 Å². The Labute approximate surface area is 231 Å². The molecule has 1 spiro atoms. The van der Waals surface area contributed by atoms with Gasteiger partial charge in [-0.2, -0.15) is 0 Å². The second kappa shape index (κ2) is 12.6. The average Bonchev–Trinajstić information content (AvgIpc) is 3.68. The minimum absolute atomic E-state index is 0.102. The molecule has 5 atom stereocenters. The van der Waals surface area contributed by atoms with Gasteiger partial charge < -0.3 is 20.3 Å². The van der Waals surface area contributed by atoms with E-state index in [2.05, 4.69) is 22.9 Å². The van der Waals surface area contributed by atoms with Crippen molar-refractivity contribution < 1.29 is 19.1 Å². The van der Waals surface area contributed by atoms with Gasteiger partial charge in [0.1, 0.15) is 29.5 Å². The van der Waals surface area contributed by atoms with Gasteiger partial charge in [-0.1, -0.05) is 61.9 Å². The molecule has 0 saturated heterocycles. The molecule has 1 unspecified atom stereocenters. The van der Waals surface area contributed by atoms with Crippen molar-refractivity contribution in [2.45, 2.75) is 76.6 Å². The zero-order valence-electron chi connectivity index (χ0n) is 23.5. The number of benzene rings is 2. The smallest absolute Gasteiger partial charge is 0.243 e. The molecule has 8 heteroatoms. The first kappa shape index (κ1) is 28.6. The van der Waals surface area contributed by atoms with Gasteiger partial charge in [0.25, 0.3) is 0 Å². The van der Waals surface area contributed by atoms with Crippen LogP contribution in [0.4, 0.5) is 0 Å². The third-order valence-electron chi connectivity index (χ3n) is 8.10. The molecule has 1 aliphatic heterocycles. The van der Waals surface area contributed by atoms with E-state index in [1.807, 2.05) is 61.5 Å². The van der Waals surface area contributed by atoms with Gasteiger partial charge in [0, 0.05) is 26.6 Å². The van der Waals surface area contributed by atoms with Gasteiger partial charge in [0.2, 0.25) is 17.7 Å². The number of nitrogens with zero attached hydrogens (tertiary/aromatic N) is 1. The third kappa shape index (κ3) is 6.79. The molecule has 0 bridgehead atoms. The van der Waals surface area contributed by atoms with Crippen LogP contribution in [0.5, 0.6) is 5.75 Å². The number of carbonyl (C=O) groups is 3. The molecule has 1 saturated carbocycles. The Kier molecular flexibility index (Phi) is 9.28. The zero-order chi connectivity index (χ0) is 28.0. The molecule has 2 aromatic rings. The molecule has 1 aliphatic carbocycles. The highest BCUT2D eigenvalue weighted by atomic mass is 16.5. The Balaban J connectivity index is 1.59. The van der Waals surface area contributed by atoms with E-state index in [1.54, 1.807) is 14.0 Å². The highest BCUT2D eigenvalue weighted by molar-refractivity contribution is 5.95. The predicted molar refractivity (Wildman–Crippen MR) is 151 cm³/mol. The maximum Gasteiger partial charge on any atom is 0.243 e. The van der Waals surface area contributed by atoms with Crippen LogP contribution in [0, 0.1) is 5.92 Å². The summed E-state index contributed by atoms with van der Waals surface area (Å²) in [6.45, 7) is 6.78. The molecule has 3 amide bonds. The predicted octanol–water partition coefficient (Wildman–Crippen LogP) is 2.85. The number of fused-ring (bicyclic) bond motifs is 1. The van der Waals surface area contributed by atoms with Gasteiger partial charge in [0.15, 0.2) is 0 Å². The lowest BCUT2D eigenvalue weighted by Gasteiger charge is -2.31. The first-order chi connectivity index (χ1) is 18.7. The number of aryl methyl sites for hydroxylation is 1. The molecular formula is C31H42N4O4. The van der Waals surface area contributed by atoms with Crippen LogP contribution in [0.2, 0.25) is 0 Å². The van der Waals surface area contributed by atoms with Crippen LogP contribution in [0.15, 0.2) is 54.6 Å². The van der Waals surface area contributed by atoms with Gasteiger partial charge in [-0.25, -0.2) is 0 Å². The van der Waals surface area contributed by atoms with Crippen LogP contribution in [-0.4, -0.2) is 66.5 Å². The Morgan fingerprint density at radius 1 is 1.00 bits per heavy atom. The fraction of sp³-hybridized carbons (Fsp3) is 0.516. The summed E-state index contributed by atoms with van der Waals surface area (Å²) in [6.07, 6.45) is 3.28. The van der Waals surface area contributed by atoms with Crippen LogP contribution in [-0.2, 0) is 27.2 Å². The van der Waals surface area contributed by atoms with E-state index in [-0.39, 0.29) is 29.7 Å². The molecule has 0 aromatic heterocycles. The third-order valence-corrected chi connectivity index (χ3v) is 8.10. The summed E-state index contributed by atoms with van der Waals surface area (Å²) in [5.41, 5.74) is 1.32. The summed E-state index contributed by atoms with van der Waals surface area (Å²) in [5.74, 6) is 0.332. The van der Waals surface area contributed by atoms with Crippen LogP contribution in [0.25, 0.3) is 0 Å². The maximum atomic E-state index is 13.8. The van der Waals surface area contributed by atoms with Gasteiger partial charge in [-0.15, -0.1) is 0 Å². The highest BCUT2D eigenvalue weighted by Gasteiger charge is 2.60. The Hall–Kier alpha value is -3.39. The summed E-state index contributed by atoms with van der Waals surface area (Å²) < 4.78 is 6.30. The largest absolute Gasteiger partial charge is 0.489 e. The van der Waals surface area contributed by atoms with Crippen molar-refractivity contribution in [1.82, 2.24) is 20.9 Å². The van der Waals surface area contributed by atoms with E-state index in [0.29, 0.717) is 19.5 Å². The summed E-state index contributed by atoms with van der Waals surface area (Å²) >= 11 is 0. The number of para-hydroxylation sites is 1. The lowest BCUT2D eigenvalue weighted by molar-refractivity contribution is -0.142. The fourth-order valence-electron chi connectivity index (χ4n) is 5.42. The summed E-state index contributed by atoms with van der Waals surface area (Å²) in [5, 5.41) is 9.44. The monoisotopic (exact) mass is 534 g/mol. The molecule has 0 radical (unpaired) electrons. The van der Waals surface area contributed by atoms with E-state index in [0.717, 1.165) is 42.6 Å². The summed E-state index contributed by atoms with van der Waals surface area (Å²) in [6, 6.07) is 16.1. The van der Waals surface area contributed by atoms with E-state index in [9.17, 15) is 14.4 Å². The van der Waals surface area contributed by atoms with E-state index >= 15 is 0 Å². The van der Waals surface area contributed by atoms with E-state index in [4.69, 9.17) is 4.74 Å². The van der Waals surface area contributed by atoms with Crippen LogP contribution in [0.3, 0.4) is 0 Å². The SMILES string of the molecule is CC[C@@H]1CC12NC[C@@H](C)Oc1ccccc1CCCNC(=O)[C@@H](Cc1ccccc1)NC(=O)[C@@H](C)N(C)C2=O. The first-order valence-corrected chi connectivity index (χ1v) is 14.1. The molecule has 2 aliphatic rings. The summed E-state index contributed by atoms with van der Waals surface area (Å²) in [4.78, 5) is 41.9. The fourth-order valence-corrected chi connectivity index (χ4v) is 5.42. The molecule has 1 fully saturated rings. The van der Waals surface area contributed by atoms with Crippen LogP contribution in [0.1, 0.15) is 51.2 Å². The van der Waals surface area contributed by atoms with Gasteiger partial charge in [0.05, 0.1) is 0 Å². The molecular weight excluding hydrogens is 492 g/mol. The molecule has 8 nitrogen and oxygen atoms in total. The molecule has 210 valence electrons. The standard InChI is InChI=1S/C31H42N4O4/c1-5-25-19-31(25)30(38)35(4)22(3)28(36)34-26(18-23-12-7-6-8-13-23)29(37)32-17-11-15-24-14-9-10-16-27(24)39-21(2)20-33-31/h6-10,12-14,16,21-22,25-26,33H,5,11,15,17-20H2,1-4H3,(H,32,37)(H,34,36)/t21-,22-,25-,26-,31?/m1/s1. The summed E-state index contributed by atoms with van der Waals surface area (Å²) in [7, 11) is 1.67. The number of nitrogens with one attached hydrogen (secondary N) is 3. The highest BCUT2D eigenvalue weighted by Crippen LogP contribution is 2.47. The second-order valence-electron chi connectivity index (χ2n) is 10.9. The van der Waals surface area contributed by atoms with Crippen molar-refractivity contribution in [1.29, 1.82) is 0 Å². The normalized spacial score (nSPS) is 28.9. The van der Waals surface area contributed by atoms with Crippen molar-refractivity contribution in [3.05, 3.63) is 65.7 Å². The van der Waals surface area contributed by atoms with E-state index < -0.39 is 17.6 Å². The van der Waals surface area contributed by atoms with Crippen molar-refractivity contribution >= 4 is 17.7 Å². The second-order valence-corrected chi connectivity index (χ2v) is 10.9. The van der Waals surface area contributed by atoms with Crippen molar-refractivity contribution in [2.24, 2.45) is 5.92 Å². The quantitative estimate of drug-likeness (QED) is 0.563. The van der Waals surface area contributed by atoms with Crippen LogP contribution < -0.4 is 20.7 Å². The molecule has 1 heterocycles. The lowest BCUT2D eigenvalue weighted by atomic mass is 10.0. The van der Waals surface area contributed by atoms with Crippen molar-refractivity contribution in [2.75, 3.05) is 20.1 Å². The number of likely N-dealkylation sites (N-methyl/N-ethyl adjacent to an activating group) is 1.